The Hall–Kier alpha value is -1.72. The van der Waals surface area contributed by atoms with E-state index in [9.17, 15) is 4.79 Å². The quantitative estimate of drug-likeness (QED) is 0.741. The van der Waals surface area contributed by atoms with Crippen molar-refractivity contribution < 1.29 is 14.3 Å². The molecule has 0 unspecified atom stereocenters. The van der Waals surface area contributed by atoms with Gasteiger partial charge >= 0.3 is 0 Å². The van der Waals surface area contributed by atoms with Crippen LogP contribution in [0.25, 0.3) is 0 Å². The molecule has 2 aromatic rings. The van der Waals surface area contributed by atoms with Crippen molar-refractivity contribution in [2.24, 2.45) is 0 Å². The van der Waals surface area contributed by atoms with Gasteiger partial charge in [0.1, 0.15) is 18.1 Å². The molecule has 0 fully saturated rings. The molecule has 0 aromatic heterocycles. The number of ether oxygens (including phenoxy) is 2. The van der Waals surface area contributed by atoms with E-state index in [-0.39, 0.29) is 12.5 Å². The normalized spacial score (nSPS) is 10.1. The third-order valence-corrected chi connectivity index (χ3v) is 3.47. The molecule has 1 amide bonds. The predicted octanol–water partition coefficient (Wildman–Crippen LogP) is 3.68. The second-order valence-electron chi connectivity index (χ2n) is 4.39. The number of rotatable bonds is 7. The number of carbonyl (C=O) groups is 1. The Morgan fingerprint density at radius 3 is 2.27 bits per heavy atom. The molecule has 2 rings (SSSR count). The summed E-state index contributed by atoms with van der Waals surface area (Å²) in [4.78, 5) is 11.6. The smallest absolute Gasteiger partial charge is 0.258 e. The molecule has 0 saturated heterocycles. The molecular weight excluding hydrogens is 370 g/mol. The zero-order valence-electron chi connectivity index (χ0n) is 11.7. The maximum Gasteiger partial charge on any atom is 0.258 e. The molecule has 0 heterocycles. The van der Waals surface area contributed by atoms with Gasteiger partial charge in [-0.2, -0.15) is 0 Å². The van der Waals surface area contributed by atoms with Gasteiger partial charge < -0.3 is 14.8 Å². The Labute approximate surface area is 142 Å². The average Bonchev–Trinajstić information content (AvgIpc) is 2.53. The lowest BCUT2D eigenvalue weighted by molar-refractivity contribution is -0.123. The van der Waals surface area contributed by atoms with E-state index in [2.05, 4.69) is 21.2 Å². The van der Waals surface area contributed by atoms with Gasteiger partial charge in [-0.15, -0.1) is 0 Å². The van der Waals surface area contributed by atoms with Crippen molar-refractivity contribution in [1.82, 2.24) is 5.32 Å². The van der Waals surface area contributed by atoms with E-state index in [0.717, 1.165) is 10.2 Å². The second kappa shape index (κ2) is 8.66. The largest absolute Gasteiger partial charge is 0.492 e. The first kappa shape index (κ1) is 16.6. The zero-order chi connectivity index (χ0) is 15.8. The van der Waals surface area contributed by atoms with Crippen LogP contribution in [0.2, 0.25) is 5.02 Å². The van der Waals surface area contributed by atoms with Crippen molar-refractivity contribution in [1.29, 1.82) is 0 Å². The number of benzene rings is 2. The van der Waals surface area contributed by atoms with Gasteiger partial charge in [-0.05, 0) is 48.5 Å². The zero-order valence-corrected chi connectivity index (χ0v) is 14.1. The average molecular weight is 385 g/mol. The maximum absolute atomic E-state index is 11.6. The summed E-state index contributed by atoms with van der Waals surface area (Å²) in [6.07, 6.45) is 0. The third-order valence-electron chi connectivity index (χ3n) is 2.69. The summed E-state index contributed by atoms with van der Waals surface area (Å²) in [7, 11) is 0. The van der Waals surface area contributed by atoms with Crippen molar-refractivity contribution in [3.8, 4) is 11.5 Å². The van der Waals surface area contributed by atoms with E-state index in [4.69, 9.17) is 21.1 Å². The van der Waals surface area contributed by atoms with Crippen LogP contribution in [0.3, 0.4) is 0 Å². The highest BCUT2D eigenvalue weighted by Crippen LogP contribution is 2.16. The second-order valence-corrected chi connectivity index (χ2v) is 5.75. The molecule has 0 bridgehead atoms. The summed E-state index contributed by atoms with van der Waals surface area (Å²) in [6, 6.07) is 14.4. The molecule has 116 valence electrons. The number of halogens is 2. The van der Waals surface area contributed by atoms with Crippen molar-refractivity contribution >= 4 is 33.4 Å². The molecule has 4 nitrogen and oxygen atoms in total. The van der Waals surface area contributed by atoms with Gasteiger partial charge in [0.25, 0.3) is 5.91 Å². The first-order chi connectivity index (χ1) is 10.6. The van der Waals surface area contributed by atoms with E-state index >= 15 is 0 Å². The fourth-order valence-corrected chi connectivity index (χ4v) is 2.01. The van der Waals surface area contributed by atoms with Gasteiger partial charge in [0.15, 0.2) is 6.61 Å². The maximum atomic E-state index is 11.6. The number of hydrogen-bond donors (Lipinski definition) is 1. The van der Waals surface area contributed by atoms with E-state index in [1.54, 1.807) is 24.3 Å². The Kier molecular flexibility index (Phi) is 6.55. The standard InChI is InChI=1S/C16H15BrClNO3/c17-12-1-5-14(6-2-12)21-10-9-19-16(20)11-22-15-7-3-13(18)4-8-15/h1-8H,9-11H2,(H,19,20). The van der Waals surface area contributed by atoms with Crippen LogP contribution < -0.4 is 14.8 Å². The van der Waals surface area contributed by atoms with Crippen molar-refractivity contribution in [3.63, 3.8) is 0 Å². The Morgan fingerprint density at radius 1 is 1.00 bits per heavy atom. The lowest BCUT2D eigenvalue weighted by atomic mass is 10.3. The third kappa shape index (κ3) is 5.95. The molecule has 0 radical (unpaired) electrons. The summed E-state index contributed by atoms with van der Waals surface area (Å²) in [5.74, 6) is 1.16. The minimum absolute atomic E-state index is 0.0417. The van der Waals surface area contributed by atoms with E-state index in [1.807, 2.05) is 24.3 Å². The van der Waals surface area contributed by atoms with Crippen LogP contribution in [0, 0.1) is 0 Å². The SMILES string of the molecule is O=C(COc1ccc(Cl)cc1)NCCOc1ccc(Br)cc1. The van der Waals surface area contributed by atoms with Crippen LogP contribution in [-0.4, -0.2) is 25.7 Å². The van der Waals surface area contributed by atoms with Gasteiger partial charge in [0.05, 0.1) is 6.54 Å². The van der Waals surface area contributed by atoms with Crippen LogP contribution >= 0.6 is 27.5 Å². The summed E-state index contributed by atoms with van der Waals surface area (Å²) < 4.78 is 11.8. The molecule has 22 heavy (non-hydrogen) atoms. The van der Waals surface area contributed by atoms with Gasteiger partial charge in [-0.25, -0.2) is 0 Å². The Balaban J connectivity index is 1.61. The molecule has 0 aliphatic carbocycles. The molecule has 0 aliphatic heterocycles. The molecule has 1 N–H and O–H groups in total. The van der Waals surface area contributed by atoms with E-state index in [0.29, 0.717) is 23.9 Å². The van der Waals surface area contributed by atoms with Crippen LogP contribution in [0.4, 0.5) is 0 Å². The lowest BCUT2D eigenvalue weighted by Gasteiger charge is -2.09. The summed E-state index contributed by atoms with van der Waals surface area (Å²) in [5.41, 5.74) is 0. The monoisotopic (exact) mass is 383 g/mol. The van der Waals surface area contributed by atoms with Crippen LogP contribution in [0.5, 0.6) is 11.5 Å². The highest BCUT2D eigenvalue weighted by atomic mass is 79.9. The molecule has 0 spiro atoms. The highest BCUT2D eigenvalue weighted by molar-refractivity contribution is 9.10. The Bertz CT molecular complexity index is 602. The summed E-state index contributed by atoms with van der Waals surface area (Å²) in [5, 5.41) is 3.35. The van der Waals surface area contributed by atoms with Crippen molar-refractivity contribution in [2.45, 2.75) is 0 Å². The first-order valence-corrected chi connectivity index (χ1v) is 7.84. The fraction of sp³-hybridized carbons (Fsp3) is 0.188. The topological polar surface area (TPSA) is 47.6 Å². The van der Waals surface area contributed by atoms with E-state index < -0.39 is 0 Å². The molecule has 0 aliphatic rings. The predicted molar refractivity (Wildman–Crippen MR) is 89.6 cm³/mol. The van der Waals surface area contributed by atoms with Gasteiger partial charge in [-0.1, -0.05) is 27.5 Å². The fourth-order valence-electron chi connectivity index (χ4n) is 1.62. The molecular formula is C16H15BrClNO3. The molecule has 0 saturated carbocycles. The van der Waals surface area contributed by atoms with Crippen LogP contribution in [-0.2, 0) is 4.79 Å². The molecule has 0 atom stereocenters. The van der Waals surface area contributed by atoms with E-state index in [1.165, 1.54) is 0 Å². The Morgan fingerprint density at radius 2 is 1.59 bits per heavy atom. The van der Waals surface area contributed by atoms with Gasteiger partial charge in [0, 0.05) is 9.50 Å². The lowest BCUT2D eigenvalue weighted by Crippen LogP contribution is -2.32. The minimum atomic E-state index is -0.200. The molecule has 6 heteroatoms. The van der Waals surface area contributed by atoms with Crippen molar-refractivity contribution in [3.05, 3.63) is 58.0 Å². The number of hydrogen-bond acceptors (Lipinski definition) is 3. The number of amides is 1. The molecule has 2 aromatic carbocycles. The number of nitrogens with one attached hydrogen (secondary N) is 1. The van der Waals surface area contributed by atoms with Crippen molar-refractivity contribution in [2.75, 3.05) is 19.8 Å². The first-order valence-electron chi connectivity index (χ1n) is 6.67. The van der Waals surface area contributed by atoms with Crippen LogP contribution in [0.15, 0.2) is 53.0 Å². The minimum Gasteiger partial charge on any atom is -0.492 e. The summed E-state index contributed by atoms with van der Waals surface area (Å²) >= 11 is 9.12. The number of carbonyl (C=O) groups excluding carboxylic acids is 1. The van der Waals surface area contributed by atoms with Gasteiger partial charge in [-0.3, -0.25) is 4.79 Å². The summed E-state index contributed by atoms with van der Waals surface area (Å²) in [6.45, 7) is 0.771. The van der Waals surface area contributed by atoms with Crippen LogP contribution in [0.1, 0.15) is 0 Å². The highest BCUT2D eigenvalue weighted by Gasteiger charge is 2.02. The van der Waals surface area contributed by atoms with Gasteiger partial charge in [0.2, 0.25) is 0 Å².